The first-order valence-electron chi connectivity index (χ1n) is 6.04. The number of hydrogen-bond donors (Lipinski definition) is 2. The Kier molecular flexibility index (Phi) is 3.89. The van der Waals surface area contributed by atoms with Crippen LogP contribution in [-0.4, -0.2) is 5.91 Å². The van der Waals surface area contributed by atoms with Gasteiger partial charge in [-0.2, -0.15) is 0 Å². The Labute approximate surface area is 116 Å². The third kappa shape index (κ3) is 3.06. The van der Waals surface area contributed by atoms with Crippen molar-refractivity contribution in [2.75, 3.05) is 5.73 Å². The summed E-state index contributed by atoms with van der Waals surface area (Å²) in [7, 11) is 0. The molecule has 20 heavy (non-hydrogen) atoms. The molecular weight excluding hydrogens is 259 g/mol. The minimum atomic E-state index is -0.605. The van der Waals surface area contributed by atoms with Crippen LogP contribution in [0.3, 0.4) is 0 Å². The van der Waals surface area contributed by atoms with E-state index in [0.29, 0.717) is 11.4 Å². The average molecular weight is 274 g/mol. The smallest absolute Gasteiger partial charge is 0.248 e. The Bertz CT molecular complexity index is 656. The van der Waals surface area contributed by atoms with Gasteiger partial charge in [0.1, 0.15) is 18.2 Å². The second kappa shape index (κ2) is 5.61. The van der Waals surface area contributed by atoms with Gasteiger partial charge in [0.05, 0.1) is 0 Å². The number of amides is 1. The van der Waals surface area contributed by atoms with Crippen LogP contribution in [-0.2, 0) is 6.61 Å². The molecule has 0 unspecified atom stereocenters. The molecule has 0 radical (unpaired) electrons. The number of benzene rings is 2. The number of anilines is 1. The van der Waals surface area contributed by atoms with Crippen molar-refractivity contribution in [1.29, 1.82) is 0 Å². The summed E-state index contributed by atoms with van der Waals surface area (Å²) >= 11 is 0. The van der Waals surface area contributed by atoms with E-state index in [1.165, 1.54) is 18.2 Å². The number of primary amides is 1. The Morgan fingerprint density at radius 3 is 2.70 bits per heavy atom. The van der Waals surface area contributed by atoms with Crippen LogP contribution in [0.1, 0.15) is 21.5 Å². The fraction of sp³-hybridized carbons (Fsp3) is 0.133. The highest BCUT2D eigenvalue weighted by molar-refractivity contribution is 5.92. The van der Waals surface area contributed by atoms with Crippen LogP contribution in [0.15, 0.2) is 36.4 Å². The lowest BCUT2D eigenvalue weighted by Gasteiger charge is -2.11. The van der Waals surface area contributed by atoms with Gasteiger partial charge in [0, 0.05) is 22.9 Å². The largest absolute Gasteiger partial charge is 0.488 e. The summed E-state index contributed by atoms with van der Waals surface area (Å²) in [5.41, 5.74) is 12.8. The summed E-state index contributed by atoms with van der Waals surface area (Å²) in [5, 5.41) is 0. The maximum atomic E-state index is 13.7. The van der Waals surface area contributed by atoms with Gasteiger partial charge < -0.3 is 16.2 Å². The molecule has 2 aromatic carbocycles. The molecular formula is C15H15FN2O2. The van der Waals surface area contributed by atoms with Gasteiger partial charge in [-0.15, -0.1) is 0 Å². The molecule has 0 atom stereocenters. The van der Waals surface area contributed by atoms with Gasteiger partial charge in [0.25, 0.3) is 0 Å². The number of halogens is 1. The number of carbonyl (C=O) groups is 1. The molecule has 0 spiro atoms. The maximum Gasteiger partial charge on any atom is 0.248 e. The highest BCUT2D eigenvalue weighted by atomic mass is 19.1. The first-order chi connectivity index (χ1) is 9.47. The van der Waals surface area contributed by atoms with Crippen molar-refractivity contribution in [3.05, 3.63) is 58.9 Å². The molecule has 0 fully saturated rings. The van der Waals surface area contributed by atoms with E-state index in [0.717, 1.165) is 5.56 Å². The number of aryl methyl sites for hydroxylation is 1. The summed E-state index contributed by atoms with van der Waals surface area (Å²) in [4.78, 5) is 11.1. The molecule has 2 rings (SSSR count). The van der Waals surface area contributed by atoms with Crippen LogP contribution in [0.4, 0.5) is 10.1 Å². The molecule has 4 nitrogen and oxygen atoms in total. The van der Waals surface area contributed by atoms with Crippen molar-refractivity contribution in [3.8, 4) is 5.75 Å². The molecule has 0 aromatic heterocycles. The second-order valence-electron chi connectivity index (χ2n) is 4.48. The highest BCUT2D eigenvalue weighted by Gasteiger charge is 2.09. The van der Waals surface area contributed by atoms with E-state index in [1.807, 2.05) is 13.0 Å². The zero-order valence-electron chi connectivity index (χ0n) is 11.0. The summed E-state index contributed by atoms with van der Waals surface area (Å²) in [6, 6.07) is 9.18. The average Bonchev–Trinajstić information content (AvgIpc) is 2.41. The van der Waals surface area contributed by atoms with E-state index in [1.54, 1.807) is 12.1 Å². The lowest BCUT2D eigenvalue weighted by molar-refractivity contribution is 0.1000. The molecule has 1 amide bonds. The van der Waals surface area contributed by atoms with E-state index in [-0.39, 0.29) is 17.7 Å². The molecule has 0 aliphatic heterocycles. The first kappa shape index (κ1) is 13.9. The van der Waals surface area contributed by atoms with Crippen LogP contribution in [0.25, 0.3) is 0 Å². The summed E-state index contributed by atoms with van der Waals surface area (Å²) in [5.74, 6) is -0.475. The molecule has 4 N–H and O–H groups in total. The topological polar surface area (TPSA) is 78.3 Å². The minimum absolute atomic E-state index is 0.00273. The zero-order chi connectivity index (χ0) is 14.7. The molecule has 0 heterocycles. The van der Waals surface area contributed by atoms with Gasteiger partial charge >= 0.3 is 0 Å². The summed E-state index contributed by atoms with van der Waals surface area (Å²) in [6.45, 7) is 1.86. The zero-order valence-corrected chi connectivity index (χ0v) is 11.0. The van der Waals surface area contributed by atoms with Gasteiger partial charge in [0.15, 0.2) is 0 Å². The number of carbonyl (C=O) groups excluding carboxylic acids is 1. The van der Waals surface area contributed by atoms with Crippen LogP contribution >= 0.6 is 0 Å². The fourth-order valence-corrected chi connectivity index (χ4v) is 1.77. The van der Waals surface area contributed by atoms with E-state index in [9.17, 15) is 9.18 Å². The van der Waals surface area contributed by atoms with Gasteiger partial charge in [-0.3, -0.25) is 4.79 Å². The van der Waals surface area contributed by atoms with Gasteiger partial charge in [-0.1, -0.05) is 6.07 Å². The Morgan fingerprint density at radius 2 is 2.00 bits per heavy atom. The first-order valence-corrected chi connectivity index (χ1v) is 6.04. The third-order valence-corrected chi connectivity index (χ3v) is 2.93. The standard InChI is InChI=1S/C15H15FN2O2/c1-9-2-4-12(17)7-14(9)20-8-11-6-10(15(18)19)3-5-13(11)16/h2-7H,8,17H2,1H3,(H2,18,19). The third-order valence-electron chi connectivity index (χ3n) is 2.93. The predicted molar refractivity (Wildman–Crippen MR) is 74.8 cm³/mol. The van der Waals surface area contributed by atoms with Crippen molar-refractivity contribution in [2.24, 2.45) is 5.73 Å². The monoisotopic (exact) mass is 274 g/mol. The molecule has 0 bridgehead atoms. The number of ether oxygens (including phenoxy) is 1. The SMILES string of the molecule is Cc1ccc(N)cc1OCc1cc(C(N)=O)ccc1F. The van der Waals surface area contributed by atoms with E-state index in [2.05, 4.69) is 0 Å². The second-order valence-corrected chi connectivity index (χ2v) is 4.48. The van der Waals surface area contributed by atoms with Gasteiger partial charge in [-0.05, 0) is 36.8 Å². The van der Waals surface area contributed by atoms with E-state index >= 15 is 0 Å². The van der Waals surface area contributed by atoms with Crippen molar-refractivity contribution in [1.82, 2.24) is 0 Å². The summed E-state index contributed by atoms with van der Waals surface area (Å²) in [6.07, 6.45) is 0. The highest BCUT2D eigenvalue weighted by Crippen LogP contribution is 2.22. The van der Waals surface area contributed by atoms with E-state index in [4.69, 9.17) is 16.2 Å². The van der Waals surface area contributed by atoms with Crippen molar-refractivity contribution in [3.63, 3.8) is 0 Å². The van der Waals surface area contributed by atoms with Crippen molar-refractivity contribution < 1.29 is 13.9 Å². The van der Waals surface area contributed by atoms with Crippen molar-refractivity contribution >= 4 is 11.6 Å². The van der Waals surface area contributed by atoms with Crippen LogP contribution in [0.2, 0.25) is 0 Å². The molecule has 0 saturated carbocycles. The maximum absolute atomic E-state index is 13.7. The number of rotatable bonds is 4. The Hall–Kier alpha value is -2.56. The minimum Gasteiger partial charge on any atom is -0.488 e. The normalized spacial score (nSPS) is 10.3. The lowest BCUT2D eigenvalue weighted by Crippen LogP contribution is -2.12. The predicted octanol–water partition coefficient (Wildman–Crippen LogP) is 2.39. The number of nitrogens with two attached hydrogens (primary N) is 2. The molecule has 0 aliphatic carbocycles. The van der Waals surface area contributed by atoms with Crippen LogP contribution in [0.5, 0.6) is 5.75 Å². The lowest BCUT2D eigenvalue weighted by atomic mass is 10.1. The molecule has 104 valence electrons. The molecule has 0 saturated heterocycles. The van der Waals surface area contributed by atoms with Crippen molar-refractivity contribution in [2.45, 2.75) is 13.5 Å². The quantitative estimate of drug-likeness (QED) is 0.840. The molecule has 2 aromatic rings. The van der Waals surface area contributed by atoms with E-state index < -0.39 is 11.7 Å². The summed E-state index contributed by atoms with van der Waals surface area (Å²) < 4.78 is 19.2. The number of nitrogen functional groups attached to an aromatic ring is 1. The number of hydrogen-bond acceptors (Lipinski definition) is 3. The van der Waals surface area contributed by atoms with Crippen LogP contribution < -0.4 is 16.2 Å². The Morgan fingerprint density at radius 1 is 1.25 bits per heavy atom. The van der Waals surface area contributed by atoms with Crippen LogP contribution in [0, 0.1) is 12.7 Å². The van der Waals surface area contributed by atoms with Gasteiger partial charge in [0.2, 0.25) is 5.91 Å². The Balaban J connectivity index is 2.20. The fourth-order valence-electron chi connectivity index (χ4n) is 1.77. The molecule has 5 heteroatoms. The molecule has 0 aliphatic rings. The van der Waals surface area contributed by atoms with Gasteiger partial charge in [-0.25, -0.2) is 4.39 Å².